The maximum Gasteiger partial charge on any atom is 0.207 e. The molecule has 114 valence electrons. The minimum absolute atomic E-state index is 0.264. The van der Waals surface area contributed by atoms with Gasteiger partial charge >= 0.3 is 0 Å². The summed E-state index contributed by atoms with van der Waals surface area (Å²) in [4.78, 5) is 8.46. The highest BCUT2D eigenvalue weighted by Crippen LogP contribution is 2.30. The number of benzene rings is 1. The lowest BCUT2D eigenvalue weighted by molar-refractivity contribution is 0.510. The summed E-state index contributed by atoms with van der Waals surface area (Å²) in [5.74, 6) is 2.70. The molecule has 3 aromatic rings. The van der Waals surface area contributed by atoms with E-state index >= 15 is 0 Å². The van der Waals surface area contributed by atoms with Gasteiger partial charge in [0.1, 0.15) is 0 Å². The number of nitrogens with zero attached hydrogens (tertiary/aromatic N) is 3. The molecule has 0 fully saturated rings. The van der Waals surface area contributed by atoms with Crippen molar-refractivity contribution in [2.75, 3.05) is 5.75 Å². The molecule has 2 heterocycles. The average Bonchev–Trinajstić information content (AvgIpc) is 3.24. The van der Waals surface area contributed by atoms with E-state index in [0.29, 0.717) is 0 Å². The third-order valence-corrected chi connectivity index (χ3v) is 4.64. The van der Waals surface area contributed by atoms with Gasteiger partial charge < -0.3 is 8.98 Å². The maximum atomic E-state index is 5.89. The molecular weight excluding hydrogens is 294 g/mol. The maximum absolute atomic E-state index is 5.89. The fourth-order valence-corrected chi connectivity index (χ4v) is 3.11. The predicted octanol–water partition coefficient (Wildman–Crippen LogP) is 4.42. The monoisotopic (exact) mass is 313 g/mol. The van der Waals surface area contributed by atoms with E-state index in [4.69, 9.17) is 4.42 Å². The van der Waals surface area contributed by atoms with E-state index in [9.17, 15) is 0 Å². The molecule has 1 atom stereocenters. The van der Waals surface area contributed by atoms with Crippen LogP contribution in [0.1, 0.15) is 24.5 Å². The Morgan fingerprint density at radius 2 is 2.14 bits per heavy atom. The van der Waals surface area contributed by atoms with Crippen LogP contribution in [0.15, 0.2) is 59.7 Å². The summed E-state index contributed by atoms with van der Waals surface area (Å²) < 4.78 is 7.99. The minimum Gasteiger partial charge on any atom is -0.440 e. The van der Waals surface area contributed by atoms with Crippen LogP contribution in [0, 0.1) is 0 Å². The number of aromatic nitrogens is 3. The van der Waals surface area contributed by atoms with Gasteiger partial charge in [-0.15, -0.1) is 11.8 Å². The molecule has 0 radical (unpaired) electrons. The number of thioether (sulfide) groups is 1. The smallest absolute Gasteiger partial charge is 0.207 e. The van der Waals surface area contributed by atoms with Gasteiger partial charge in [-0.2, -0.15) is 0 Å². The van der Waals surface area contributed by atoms with E-state index < -0.39 is 0 Å². The van der Waals surface area contributed by atoms with Crippen LogP contribution in [-0.2, 0) is 6.54 Å². The van der Waals surface area contributed by atoms with Gasteiger partial charge in [-0.25, -0.2) is 9.97 Å². The number of imidazole rings is 1. The molecule has 22 heavy (non-hydrogen) atoms. The molecule has 1 unspecified atom stereocenters. The highest BCUT2D eigenvalue weighted by Gasteiger charge is 2.13. The summed E-state index contributed by atoms with van der Waals surface area (Å²) in [6.07, 6.45) is 8.58. The normalized spacial score (nSPS) is 12.4. The van der Waals surface area contributed by atoms with E-state index in [1.165, 1.54) is 0 Å². The van der Waals surface area contributed by atoms with Gasteiger partial charge in [-0.1, -0.05) is 30.3 Å². The number of rotatable bonds is 7. The first-order valence-electron chi connectivity index (χ1n) is 7.41. The molecular formula is C17H19N3OS. The molecule has 0 aliphatic rings. The Balaban J connectivity index is 1.50. The van der Waals surface area contributed by atoms with Crippen LogP contribution >= 0.6 is 11.8 Å². The zero-order chi connectivity index (χ0) is 15.2. The molecule has 0 aliphatic carbocycles. The van der Waals surface area contributed by atoms with Crippen molar-refractivity contribution in [3.63, 3.8) is 0 Å². The minimum atomic E-state index is 0.264. The number of aryl methyl sites for hydroxylation is 1. The van der Waals surface area contributed by atoms with Crippen molar-refractivity contribution in [1.29, 1.82) is 0 Å². The first kappa shape index (κ1) is 14.9. The van der Waals surface area contributed by atoms with Gasteiger partial charge in [0.25, 0.3) is 0 Å². The van der Waals surface area contributed by atoms with E-state index in [2.05, 4.69) is 21.5 Å². The van der Waals surface area contributed by atoms with Gasteiger partial charge in [0.2, 0.25) is 5.89 Å². The van der Waals surface area contributed by atoms with E-state index in [1.54, 1.807) is 0 Å². The number of hydrogen-bond donors (Lipinski definition) is 0. The van der Waals surface area contributed by atoms with Gasteiger partial charge in [0.05, 0.1) is 17.8 Å². The lowest BCUT2D eigenvalue weighted by atomic mass is 10.2. The standard InChI is InChI=1S/C17H19N3OS/c1-14(22-11-5-9-20-10-8-18-13-20)17-19-12-16(21-17)15-6-3-2-4-7-15/h2-4,6-8,10,12-14H,5,9,11H2,1H3. The predicted molar refractivity (Wildman–Crippen MR) is 89.7 cm³/mol. The Hall–Kier alpha value is -2.01. The Morgan fingerprint density at radius 1 is 1.27 bits per heavy atom. The second-order valence-electron chi connectivity index (χ2n) is 5.10. The average molecular weight is 313 g/mol. The summed E-state index contributed by atoms with van der Waals surface area (Å²) in [6, 6.07) is 10.1. The topological polar surface area (TPSA) is 43.9 Å². The third kappa shape index (κ3) is 3.80. The second kappa shape index (κ2) is 7.31. The lowest BCUT2D eigenvalue weighted by Crippen LogP contribution is -1.97. The van der Waals surface area contributed by atoms with E-state index in [-0.39, 0.29) is 5.25 Å². The van der Waals surface area contributed by atoms with Gasteiger partial charge in [0, 0.05) is 24.5 Å². The molecule has 0 spiro atoms. The van der Waals surface area contributed by atoms with Crippen molar-refractivity contribution in [1.82, 2.24) is 14.5 Å². The quantitative estimate of drug-likeness (QED) is 0.606. The molecule has 1 aromatic carbocycles. The highest BCUT2D eigenvalue weighted by molar-refractivity contribution is 7.99. The van der Waals surface area contributed by atoms with Crippen LogP contribution in [0.5, 0.6) is 0 Å². The summed E-state index contributed by atoms with van der Waals surface area (Å²) in [7, 11) is 0. The van der Waals surface area contributed by atoms with Crippen molar-refractivity contribution in [3.8, 4) is 11.3 Å². The number of oxazole rings is 1. The number of hydrogen-bond acceptors (Lipinski definition) is 4. The van der Waals surface area contributed by atoms with Crippen LogP contribution < -0.4 is 0 Å². The van der Waals surface area contributed by atoms with Crippen LogP contribution in [-0.4, -0.2) is 20.3 Å². The zero-order valence-electron chi connectivity index (χ0n) is 12.6. The largest absolute Gasteiger partial charge is 0.440 e. The molecule has 5 heteroatoms. The van der Waals surface area contributed by atoms with Crippen LogP contribution in [0.2, 0.25) is 0 Å². The van der Waals surface area contributed by atoms with E-state index in [1.807, 2.05) is 67.0 Å². The summed E-state index contributed by atoms with van der Waals surface area (Å²) >= 11 is 1.87. The first-order valence-corrected chi connectivity index (χ1v) is 8.46. The third-order valence-electron chi connectivity index (χ3n) is 3.42. The van der Waals surface area contributed by atoms with Gasteiger partial charge in [0.15, 0.2) is 5.76 Å². The van der Waals surface area contributed by atoms with E-state index in [0.717, 1.165) is 35.9 Å². The molecule has 0 saturated carbocycles. The summed E-state index contributed by atoms with van der Waals surface area (Å²) in [5, 5.41) is 0.264. The molecule has 0 bridgehead atoms. The Kier molecular flexibility index (Phi) is 4.96. The van der Waals surface area contributed by atoms with Crippen molar-refractivity contribution in [3.05, 3.63) is 61.1 Å². The fourth-order valence-electron chi connectivity index (χ4n) is 2.21. The first-order chi connectivity index (χ1) is 10.8. The fraction of sp³-hybridized carbons (Fsp3) is 0.294. The molecule has 4 nitrogen and oxygen atoms in total. The molecule has 0 N–H and O–H groups in total. The second-order valence-corrected chi connectivity index (χ2v) is 6.54. The van der Waals surface area contributed by atoms with Crippen molar-refractivity contribution in [2.24, 2.45) is 0 Å². The van der Waals surface area contributed by atoms with Gasteiger partial charge in [-0.3, -0.25) is 0 Å². The SMILES string of the molecule is CC(SCCCn1ccnc1)c1ncc(-c2ccccc2)o1. The Labute approximate surface area is 134 Å². The van der Waals surface area contributed by atoms with Crippen LogP contribution in [0.4, 0.5) is 0 Å². The van der Waals surface area contributed by atoms with Gasteiger partial charge in [-0.05, 0) is 19.1 Å². The summed E-state index contributed by atoms with van der Waals surface area (Å²) in [5.41, 5.74) is 1.07. The molecule has 0 saturated heterocycles. The zero-order valence-corrected chi connectivity index (χ0v) is 13.4. The van der Waals surface area contributed by atoms with Crippen molar-refractivity contribution < 1.29 is 4.42 Å². The summed E-state index contributed by atoms with van der Waals surface area (Å²) in [6.45, 7) is 3.14. The van der Waals surface area contributed by atoms with Crippen molar-refractivity contribution in [2.45, 2.75) is 25.1 Å². The Morgan fingerprint density at radius 3 is 2.91 bits per heavy atom. The van der Waals surface area contributed by atoms with Crippen molar-refractivity contribution >= 4 is 11.8 Å². The molecule has 3 rings (SSSR count). The Bertz CT molecular complexity index is 679. The molecule has 2 aromatic heterocycles. The highest BCUT2D eigenvalue weighted by atomic mass is 32.2. The lowest BCUT2D eigenvalue weighted by Gasteiger charge is -2.07. The van der Waals surface area contributed by atoms with Crippen LogP contribution in [0.3, 0.4) is 0 Å². The molecule has 0 amide bonds. The van der Waals surface area contributed by atoms with Crippen LogP contribution in [0.25, 0.3) is 11.3 Å². The molecule has 0 aliphatic heterocycles.